The van der Waals surface area contributed by atoms with Crippen molar-refractivity contribution in [3.05, 3.63) is 70.2 Å². The van der Waals surface area contributed by atoms with Gasteiger partial charge < -0.3 is 4.74 Å². The maximum atomic E-state index is 12.3. The molecule has 3 rings (SSSR count). The third-order valence-corrected chi connectivity index (χ3v) is 4.32. The highest BCUT2D eigenvalue weighted by molar-refractivity contribution is 9.10. The lowest BCUT2D eigenvalue weighted by Crippen LogP contribution is -2.02. The molecule has 0 aliphatic carbocycles. The molecule has 0 saturated heterocycles. The highest BCUT2D eigenvalue weighted by Crippen LogP contribution is 2.22. The molecule has 0 saturated carbocycles. The maximum Gasteiger partial charge on any atom is 0.189 e. The zero-order valence-electron chi connectivity index (χ0n) is 14.6. The first-order chi connectivity index (χ1) is 12.6. The van der Waals surface area contributed by atoms with E-state index < -0.39 is 0 Å². The summed E-state index contributed by atoms with van der Waals surface area (Å²) in [6.07, 6.45) is 10.3. The Hall–Kier alpha value is -2.67. The zero-order chi connectivity index (χ0) is 18.5. The van der Waals surface area contributed by atoms with Crippen molar-refractivity contribution >= 4 is 27.8 Å². The van der Waals surface area contributed by atoms with Crippen molar-refractivity contribution in [2.45, 2.75) is 20.0 Å². The molecule has 2 aromatic heterocycles. The second-order valence-electron chi connectivity index (χ2n) is 5.71. The van der Waals surface area contributed by atoms with E-state index in [0.717, 1.165) is 27.9 Å². The van der Waals surface area contributed by atoms with Gasteiger partial charge in [0.1, 0.15) is 5.75 Å². The number of ether oxygens (including phenoxy) is 1. The van der Waals surface area contributed by atoms with Gasteiger partial charge in [0.05, 0.1) is 36.1 Å². The third kappa shape index (κ3) is 4.29. The van der Waals surface area contributed by atoms with E-state index in [9.17, 15) is 4.79 Å². The first-order valence-corrected chi connectivity index (χ1v) is 8.98. The van der Waals surface area contributed by atoms with Crippen molar-refractivity contribution < 1.29 is 9.53 Å². The molecular weight excluding hydrogens is 396 g/mol. The van der Waals surface area contributed by atoms with E-state index in [0.29, 0.717) is 12.1 Å². The van der Waals surface area contributed by atoms with Gasteiger partial charge in [-0.3, -0.25) is 14.2 Å². The van der Waals surface area contributed by atoms with Crippen LogP contribution >= 0.6 is 15.9 Å². The first-order valence-electron chi connectivity index (χ1n) is 8.18. The quantitative estimate of drug-likeness (QED) is 0.435. The minimum absolute atomic E-state index is 0.0712. The summed E-state index contributed by atoms with van der Waals surface area (Å²) in [5, 5.41) is 8.40. The van der Waals surface area contributed by atoms with Crippen LogP contribution in [0.4, 0.5) is 0 Å². The summed E-state index contributed by atoms with van der Waals surface area (Å²) >= 11 is 3.40. The second kappa shape index (κ2) is 8.14. The molecule has 0 radical (unpaired) electrons. The van der Waals surface area contributed by atoms with Gasteiger partial charge in [-0.05, 0) is 46.6 Å². The Morgan fingerprint density at radius 3 is 2.69 bits per heavy atom. The number of allylic oxidation sites excluding steroid dienone is 1. The van der Waals surface area contributed by atoms with Gasteiger partial charge in [0.2, 0.25) is 0 Å². The summed E-state index contributed by atoms with van der Waals surface area (Å²) < 4.78 is 9.91. The Morgan fingerprint density at radius 2 is 2.04 bits per heavy atom. The van der Waals surface area contributed by atoms with Crippen LogP contribution in [0.2, 0.25) is 0 Å². The SMILES string of the molecule is CCn1cc(C(=O)/C=C/c2ccc(OC)c(Cn3cc(Br)cn3)c2)cn1. The first kappa shape index (κ1) is 18.1. The number of benzene rings is 1. The number of nitrogens with zero attached hydrogens (tertiary/aromatic N) is 4. The van der Waals surface area contributed by atoms with Gasteiger partial charge in [0.25, 0.3) is 0 Å². The van der Waals surface area contributed by atoms with E-state index in [1.807, 2.05) is 36.0 Å². The minimum Gasteiger partial charge on any atom is -0.496 e. The Morgan fingerprint density at radius 1 is 1.23 bits per heavy atom. The van der Waals surface area contributed by atoms with Crippen LogP contribution in [-0.4, -0.2) is 32.5 Å². The number of aromatic nitrogens is 4. The predicted molar refractivity (Wildman–Crippen MR) is 103 cm³/mol. The van der Waals surface area contributed by atoms with Crippen molar-refractivity contribution in [2.24, 2.45) is 0 Å². The smallest absolute Gasteiger partial charge is 0.189 e. The summed E-state index contributed by atoms with van der Waals surface area (Å²) in [7, 11) is 1.64. The number of halogens is 1. The van der Waals surface area contributed by atoms with E-state index >= 15 is 0 Å². The topological polar surface area (TPSA) is 61.9 Å². The maximum absolute atomic E-state index is 12.3. The van der Waals surface area contributed by atoms with E-state index in [4.69, 9.17) is 4.74 Å². The average molecular weight is 415 g/mol. The number of rotatable bonds is 7. The molecule has 0 atom stereocenters. The average Bonchev–Trinajstić information content (AvgIpc) is 3.29. The van der Waals surface area contributed by atoms with Crippen LogP contribution in [0.25, 0.3) is 6.08 Å². The summed E-state index contributed by atoms with van der Waals surface area (Å²) in [6.45, 7) is 3.30. The van der Waals surface area contributed by atoms with E-state index in [2.05, 4.69) is 26.1 Å². The van der Waals surface area contributed by atoms with Crippen LogP contribution in [0.5, 0.6) is 5.75 Å². The Kier molecular flexibility index (Phi) is 5.68. The molecule has 0 unspecified atom stereocenters. The van der Waals surface area contributed by atoms with Gasteiger partial charge in [-0.25, -0.2) is 0 Å². The number of aryl methyl sites for hydroxylation is 1. The lowest BCUT2D eigenvalue weighted by molar-refractivity contribution is 0.104. The molecule has 7 heteroatoms. The lowest BCUT2D eigenvalue weighted by atomic mass is 10.1. The van der Waals surface area contributed by atoms with Crippen LogP contribution in [0.3, 0.4) is 0 Å². The van der Waals surface area contributed by atoms with Gasteiger partial charge >= 0.3 is 0 Å². The van der Waals surface area contributed by atoms with Crippen molar-refractivity contribution in [3.63, 3.8) is 0 Å². The molecule has 6 nitrogen and oxygen atoms in total. The molecule has 1 aromatic carbocycles. The van der Waals surface area contributed by atoms with Crippen LogP contribution in [0, 0.1) is 0 Å². The van der Waals surface area contributed by atoms with Gasteiger partial charge in [-0.1, -0.05) is 12.1 Å². The van der Waals surface area contributed by atoms with Gasteiger partial charge in [0.15, 0.2) is 5.78 Å². The number of carbonyl (C=O) groups is 1. The van der Waals surface area contributed by atoms with Crippen molar-refractivity contribution in [3.8, 4) is 5.75 Å². The molecule has 0 bridgehead atoms. The highest BCUT2D eigenvalue weighted by atomic mass is 79.9. The molecule has 2 heterocycles. The fraction of sp³-hybridized carbons (Fsp3) is 0.211. The number of ketones is 1. The van der Waals surface area contributed by atoms with E-state index in [1.165, 1.54) is 0 Å². The largest absolute Gasteiger partial charge is 0.496 e. The summed E-state index contributed by atoms with van der Waals surface area (Å²) in [5.41, 5.74) is 2.48. The number of hydrogen-bond acceptors (Lipinski definition) is 4. The Labute approximate surface area is 160 Å². The molecule has 0 aliphatic heterocycles. The van der Waals surface area contributed by atoms with Gasteiger partial charge in [-0.2, -0.15) is 10.2 Å². The van der Waals surface area contributed by atoms with Gasteiger partial charge in [0, 0.05) is 24.5 Å². The minimum atomic E-state index is -0.0712. The molecule has 0 N–H and O–H groups in total. The molecule has 0 fully saturated rings. The second-order valence-corrected chi connectivity index (χ2v) is 6.63. The molecule has 26 heavy (non-hydrogen) atoms. The van der Waals surface area contributed by atoms with Crippen LogP contribution in [0.1, 0.15) is 28.4 Å². The number of hydrogen-bond donors (Lipinski definition) is 0. The Bertz CT molecular complexity index is 943. The molecule has 0 spiro atoms. The van der Waals surface area contributed by atoms with Crippen LogP contribution in [0.15, 0.2) is 53.5 Å². The predicted octanol–water partition coefficient (Wildman–Crippen LogP) is 3.82. The molecule has 0 amide bonds. The van der Waals surface area contributed by atoms with Crippen molar-refractivity contribution in [2.75, 3.05) is 7.11 Å². The summed E-state index contributed by atoms with van der Waals surface area (Å²) in [6, 6.07) is 5.81. The normalized spacial score (nSPS) is 11.2. The number of methoxy groups -OCH3 is 1. The highest BCUT2D eigenvalue weighted by Gasteiger charge is 2.07. The zero-order valence-corrected chi connectivity index (χ0v) is 16.2. The van der Waals surface area contributed by atoms with Gasteiger partial charge in [-0.15, -0.1) is 0 Å². The Balaban J connectivity index is 1.79. The fourth-order valence-electron chi connectivity index (χ4n) is 2.56. The van der Waals surface area contributed by atoms with E-state index in [-0.39, 0.29) is 5.78 Å². The monoisotopic (exact) mass is 414 g/mol. The molecule has 3 aromatic rings. The fourth-order valence-corrected chi connectivity index (χ4v) is 2.88. The summed E-state index contributed by atoms with van der Waals surface area (Å²) in [5.74, 6) is 0.711. The van der Waals surface area contributed by atoms with E-state index in [1.54, 1.807) is 42.5 Å². The molecule has 0 aliphatic rings. The van der Waals surface area contributed by atoms with Crippen LogP contribution in [-0.2, 0) is 13.1 Å². The standard InChI is InChI=1S/C19H19BrN4O2/c1-3-23-12-16(9-21-23)18(25)6-4-14-5-7-19(26-2)15(8-14)11-24-13-17(20)10-22-24/h4-10,12-13H,3,11H2,1-2H3/b6-4+. The van der Waals surface area contributed by atoms with Crippen LogP contribution < -0.4 is 4.74 Å². The lowest BCUT2D eigenvalue weighted by Gasteiger charge is -2.09. The summed E-state index contributed by atoms with van der Waals surface area (Å²) in [4.78, 5) is 12.3. The molecule has 134 valence electrons. The van der Waals surface area contributed by atoms with Crippen molar-refractivity contribution in [1.82, 2.24) is 19.6 Å². The number of carbonyl (C=O) groups excluding carboxylic acids is 1. The third-order valence-electron chi connectivity index (χ3n) is 3.91. The molecular formula is C19H19BrN4O2. The van der Waals surface area contributed by atoms with Crippen molar-refractivity contribution in [1.29, 1.82) is 0 Å².